The molecule has 0 atom stereocenters. The Hall–Kier alpha value is -1.40. The van der Waals surface area contributed by atoms with Gasteiger partial charge in [0.1, 0.15) is 0 Å². The lowest BCUT2D eigenvalue weighted by molar-refractivity contribution is 1.04. The Balaban J connectivity index is 2.45. The molecule has 17 heavy (non-hydrogen) atoms. The van der Waals surface area contributed by atoms with Gasteiger partial charge in [-0.15, -0.1) is 0 Å². The van der Waals surface area contributed by atoms with Gasteiger partial charge >= 0.3 is 0 Å². The zero-order chi connectivity index (χ0) is 12.4. The minimum atomic E-state index is 0.153. The first-order chi connectivity index (χ1) is 8.08. The van der Waals surface area contributed by atoms with Gasteiger partial charge in [-0.25, -0.2) is 0 Å². The van der Waals surface area contributed by atoms with Gasteiger partial charge in [0.25, 0.3) is 0 Å². The molecular formula is C11H11BrN4S. The lowest BCUT2D eigenvalue weighted by Crippen LogP contribution is -2.24. The number of hydrogen-bond acceptors (Lipinski definition) is 2. The molecule has 1 aromatic heterocycles. The van der Waals surface area contributed by atoms with Crippen LogP contribution in [0.4, 0.5) is 0 Å². The van der Waals surface area contributed by atoms with Crippen molar-refractivity contribution in [3.63, 3.8) is 0 Å². The summed E-state index contributed by atoms with van der Waals surface area (Å²) in [5.41, 5.74) is 11.0. The van der Waals surface area contributed by atoms with Crippen molar-refractivity contribution in [2.75, 3.05) is 0 Å². The molecule has 1 heterocycles. The summed E-state index contributed by atoms with van der Waals surface area (Å²) in [4.78, 5) is 3.29. The van der Waals surface area contributed by atoms with Crippen molar-refractivity contribution in [1.29, 1.82) is 0 Å². The second-order valence-corrected chi connectivity index (χ2v) is 4.94. The molecule has 6 heteroatoms. The molecule has 0 aliphatic carbocycles. The molecule has 88 valence electrons. The number of rotatable bonds is 2. The Morgan fingerprint density at radius 2 is 2.35 bits per heavy atom. The largest absolute Gasteiger partial charge is 0.375 e. The van der Waals surface area contributed by atoms with Crippen molar-refractivity contribution < 1.29 is 0 Å². The zero-order valence-corrected chi connectivity index (χ0v) is 11.5. The van der Waals surface area contributed by atoms with Crippen LogP contribution >= 0.6 is 28.1 Å². The van der Waals surface area contributed by atoms with Crippen molar-refractivity contribution in [1.82, 2.24) is 10.4 Å². The van der Waals surface area contributed by atoms with E-state index in [1.165, 1.54) is 0 Å². The smallest absolute Gasteiger partial charge is 0.184 e. The second-order valence-electron chi connectivity index (χ2n) is 3.59. The van der Waals surface area contributed by atoms with Crippen molar-refractivity contribution in [2.24, 2.45) is 10.8 Å². The second kappa shape index (κ2) is 4.85. The average molecular weight is 311 g/mol. The third kappa shape index (κ3) is 2.65. The summed E-state index contributed by atoms with van der Waals surface area (Å²) in [7, 11) is 0. The maximum Gasteiger partial charge on any atom is 0.184 e. The number of nitrogens with two attached hydrogens (primary N) is 1. The molecule has 1 aromatic carbocycles. The van der Waals surface area contributed by atoms with Crippen LogP contribution in [0, 0.1) is 6.92 Å². The van der Waals surface area contributed by atoms with Crippen LogP contribution in [0.1, 0.15) is 11.3 Å². The first-order valence-electron chi connectivity index (χ1n) is 4.94. The molecule has 0 unspecified atom stereocenters. The van der Waals surface area contributed by atoms with E-state index in [-0.39, 0.29) is 5.11 Å². The highest BCUT2D eigenvalue weighted by Gasteiger charge is 2.06. The minimum absolute atomic E-state index is 0.153. The quantitative estimate of drug-likeness (QED) is 0.453. The molecule has 0 bridgehead atoms. The zero-order valence-electron chi connectivity index (χ0n) is 9.12. The van der Waals surface area contributed by atoms with Crippen LogP contribution in [0.15, 0.2) is 27.8 Å². The van der Waals surface area contributed by atoms with Crippen LogP contribution in [0.3, 0.4) is 0 Å². The van der Waals surface area contributed by atoms with E-state index in [0.717, 1.165) is 26.6 Å². The number of H-pyrrole nitrogens is 1. The predicted molar refractivity (Wildman–Crippen MR) is 78.3 cm³/mol. The number of fused-ring (bicyclic) bond motifs is 1. The lowest BCUT2D eigenvalue weighted by Gasteiger charge is -1.96. The fourth-order valence-corrected chi connectivity index (χ4v) is 2.06. The van der Waals surface area contributed by atoms with Crippen molar-refractivity contribution in [3.05, 3.63) is 33.9 Å². The maximum atomic E-state index is 5.30. The molecule has 4 N–H and O–H groups in total. The number of aromatic amines is 1. The fraction of sp³-hybridized carbons (Fsp3) is 0.0909. The molecule has 0 saturated carbocycles. The number of hydrogen-bond donors (Lipinski definition) is 3. The van der Waals surface area contributed by atoms with Crippen LogP contribution in [-0.4, -0.2) is 16.3 Å². The number of nitrogens with zero attached hydrogens (tertiary/aromatic N) is 1. The lowest BCUT2D eigenvalue weighted by atomic mass is 10.1. The molecule has 2 aromatic rings. The monoisotopic (exact) mass is 310 g/mol. The average Bonchev–Trinajstić information content (AvgIpc) is 2.55. The van der Waals surface area contributed by atoms with Crippen molar-refractivity contribution >= 4 is 50.4 Å². The van der Waals surface area contributed by atoms with Crippen LogP contribution in [0.5, 0.6) is 0 Å². The molecule has 0 saturated heterocycles. The third-order valence-corrected chi connectivity index (χ3v) is 2.95. The van der Waals surface area contributed by atoms with Crippen LogP contribution in [-0.2, 0) is 0 Å². The number of thiocarbonyl (C=S) groups is 1. The normalized spacial score (nSPS) is 11.2. The van der Waals surface area contributed by atoms with Crippen molar-refractivity contribution in [2.45, 2.75) is 6.92 Å². The molecule has 0 spiro atoms. The number of aromatic nitrogens is 1. The summed E-state index contributed by atoms with van der Waals surface area (Å²) in [5, 5.41) is 5.23. The Kier molecular flexibility index (Phi) is 3.44. The third-order valence-electron chi connectivity index (χ3n) is 2.37. The van der Waals surface area contributed by atoms with E-state index < -0.39 is 0 Å². The summed E-state index contributed by atoms with van der Waals surface area (Å²) < 4.78 is 1.03. The highest BCUT2D eigenvalue weighted by atomic mass is 79.9. The van der Waals surface area contributed by atoms with Gasteiger partial charge in [-0.3, -0.25) is 5.43 Å². The summed E-state index contributed by atoms with van der Waals surface area (Å²) >= 11 is 8.13. The molecule has 0 fully saturated rings. The maximum absolute atomic E-state index is 5.30. The van der Waals surface area contributed by atoms with Crippen molar-refractivity contribution in [3.8, 4) is 0 Å². The van der Waals surface area contributed by atoms with E-state index in [1.54, 1.807) is 6.21 Å². The van der Waals surface area contributed by atoms with Gasteiger partial charge in [0, 0.05) is 26.6 Å². The Morgan fingerprint density at radius 3 is 3.06 bits per heavy atom. The molecule has 2 rings (SSSR count). The van der Waals surface area contributed by atoms with Crippen LogP contribution in [0.2, 0.25) is 0 Å². The Bertz CT molecular complexity index is 603. The number of benzene rings is 1. The van der Waals surface area contributed by atoms with Crippen LogP contribution in [0.25, 0.3) is 10.9 Å². The van der Waals surface area contributed by atoms with Gasteiger partial charge in [-0.2, -0.15) is 5.10 Å². The first kappa shape index (κ1) is 12.1. The number of hydrazone groups is 1. The fourth-order valence-electron chi connectivity index (χ4n) is 1.65. The molecule has 0 aliphatic heterocycles. The highest BCUT2D eigenvalue weighted by Crippen LogP contribution is 2.24. The summed E-state index contributed by atoms with van der Waals surface area (Å²) in [6.45, 7) is 2.00. The van der Waals surface area contributed by atoms with Gasteiger partial charge in [-0.1, -0.05) is 15.9 Å². The summed E-state index contributed by atoms with van der Waals surface area (Å²) in [6, 6.07) is 6.05. The number of halogens is 1. The molecule has 4 nitrogen and oxygen atoms in total. The summed E-state index contributed by atoms with van der Waals surface area (Å²) in [6.07, 6.45) is 1.71. The van der Waals surface area contributed by atoms with E-state index in [9.17, 15) is 0 Å². The van der Waals surface area contributed by atoms with Gasteiger partial charge in [0.2, 0.25) is 0 Å². The number of aryl methyl sites for hydroxylation is 1. The molecular weight excluding hydrogens is 300 g/mol. The highest BCUT2D eigenvalue weighted by molar-refractivity contribution is 9.10. The van der Waals surface area contributed by atoms with Gasteiger partial charge in [0.05, 0.1) is 6.21 Å². The van der Waals surface area contributed by atoms with E-state index in [1.807, 2.05) is 25.1 Å². The standard InChI is InChI=1S/C11H11BrN4S/c1-6-9(5-14-16-11(13)17)8-4-7(12)2-3-10(8)15-6/h2-5,15H,1H3,(H3,13,16,17)/b14-5+. The van der Waals surface area contributed by atoms with E-state index in [0.29, 0.717) is 0 Å². The molecule has 0 amide bonds. The molecule has 0 aliphatic rings. The van der Waals surface area contributed by atoms with E-state index in [4.69, 9.17) is 5.73 Å². The Morgan fingerprint density at radius 1 is 1.59 bits per heavy atom. The Labute approximate surface area is 112 Å². The predicted octanol–water partition coefficient (Wildman–Crippen LogP) is 2.41. The van der Waals surface area contributed by atoms with Crippen LogP contribution < -0.4 is 11.2 Å². The van der Waals surface area contributed by atoms with Gasteiger partial charge in [-0.05, 0) is 37.3 Å². The van der Waals surface area contributed by atoms with Gasteiger partial charge < -0.3 is 10.7 Å². The van der Waals surface area contributed by atoms with Gasteiger partial charge in [0.15, 0.2) is 5.11 Å². The van der Waals surface area contributed by atoms with E-state index in [2.05, 4.69) is 43.7 Å². The minimum Gasteiger partial charge on any atom is -0.375 e. The summed E-state index contributed by atoms with van der Waals surface area (Å²) in [5.74, 6) is 0. The topological polar surface area (TPSA) is 66.2 Å². The molecule has 0 radical (unpaired) electrons. The number of nitrogens with one attached hydrogen (secondary N) is 2. The first-order valence-corrected chi connectivity index (χ1v) is 6.14. The van der Waals surface area contributed by atoms with E-state index >= 15 is 0 Å². The SMILES string of the molecule is Cc1[nH]c2ccc(Br)cc2c1/C=N/NC(N)=S.